The summed E-state index contributed by atoms with van der Waals surface area (Å²) in [6, 6.07) is 6.65. The van der Waals surface area contributed by atoms with E-state index in [1.165, 1.54) is 0 Å². The van der Waals surface area contributed by atoms with Gasteiger partial charge in [-0.3, -0.25) is 4.79 Å². The quantitative estimate of drug-likeness (QED) is 0.665. The van der Waals surface area contributed by atoms with E-state index < -0.39 is 0 Å². The highest BCUT2D eigenvalue weighted by Gasteiger charge is 2.03. The number of amides is 3. The van der Waals surface area contributed by atoms with Gasteiger partial charge in [-0.25, -0.2) is 4.79 Å². The van der Waals surface area contributed by atoms with Crippen molar-refractivity contribution < 1.29 is 14.3 Å². The van der Waals surface area contributed by atoms with E-state index in [0.29, 0.717) is 18.0 Å². The number of nitrogens with one attached hydrogen (secondary N) is 3. The largest absolute Gasteiger partial charge is 0.484 e. The van der Waals surface area contributed by atoms with Gasteiger partial charge in [-0.05, 0) is 18.6 Å². The van der Waals surface area contributed by atoms with Crippen LogP contribution in [0.1, 0.15) is 19.8 Å². The lowest BCUT2D eigenvalue weighted by Crippen LogP contribution is -2.29. The topological polar surface area (TPSA) is 79.5 Å². The molecule has 0 saturated heterocycles. The highest BCUT2D eigenvalue weighted by atomic mass is 16.5. The van der Waals surface area contributed by atoms with Gasteiger partial charge in [-0.1, -0.05) is 19.4 Å². The lowest BCUT2D eigenvalue weighted by atomic mass is 10.3. The zero-order valence-corrected chi connectivity index (χ0v) is 11.9. The summed E-state index contributed by atoms with van der Waals surface area (Å²) in [4.78, 5) is 22.7. The number of urea groups is 1. The Morgan fingerprint density at radius 3 is 2.80 bits per heavy atom. The van der Waals surface area contributed by atoms with Gasteiger partial charge in [-0.15, -0.1) is 0 Å². The molecule has 1 rings (SSSR count). The molecule has 3 amide bonds. The van der Waals surface area contributed by atoms with Gasteiger partial charge in [0.25, 0.3) is 5.91 Å². The molecule has 0 aliphatic rings. The Hall–Kier alpha value is -2.24. The Morgan fingerprint density at radius 2 is 2.10 bits per heavy atom. The maximum Gasteiger partial charge on any atom is 0.319 e. The fourth-order valence-electron chi connectivity index (χ4n) is 1.44. The van der Waals surface area contributed by atoms with E-state index in [-0.39, 0.29) is 18.5 Å². The molecule has 0 aliphatic carbocycles. The first kappa shape index (κ1) is 15.8. The molecule has 0 bridgehead atoms. The summed E-state index contributed by atoms with van der Waals surface area (Å²) in [5, 5.41) is 7.94. The molecule has 0 heterocycles. The molecule has 0 spiro atoms. The van der Waals surface area contributed by atoms with Crippen molar-refractivity contribution in [2.24, 2.45) is 0 Å². The minimum atomic E-state index is -0.248. The van der Waals surface area contributed by atoms with Crippen molar-refractivity contribution >= 4 is 17.6 Å². The SMILES string of the molecule is CCCCNC(=O)Nc1cccc(OCC(=O)NC)c1. The Morgan fingerprint density at radius 1 is 1.30 bits per heavy atom. The van der Waals surface area contributed by atoms with Crippen LogP contribution < -0.4 is 20.7 Å². The smallest absolute Gasteiger partial charge is 0.319 e. The van der Waals surface area contributed by atoms with Crippen molar-refractivity contribution in [2.45, 2.75) is 19.8 Å². The first-order chi connectivity index (χ1) is 9.65. The number of likely N-dealkylation sites (N-methyl/N-ethyl adjacent to an activating group) is 1. The number of anilines is 1. The van der Waals surface area contributed by atoms with Gasteiger partial charge in [0.2, 0.25) is 0 Å². The number of carbonyl (C=O) groups excluding carboxylic acids is 2. The van der Waals surface area contributed by atoms with Crippen molar-refractivity contribution in [1.82, 2.24) is 10.6 Å². The maximum atomic E-state index is 11.6. The van der Waals surface area contributed by atoms with Crippen LogP contribution >= 0.6 is 0 Å². The van der Waals surface area contributed by atoms with Crippen LogP contribution in [0.25, 0.3) is 0 Å². The second kappa shape index (κ2) is 8.79. The molecule has 110 valence electrons. The van der Waals surface area contributed by atoms with Gasteiger partial charge in [0.1, 0.15) is 5.75 Å². The molecule has 1 aromatic rings. The van der Waals surface area contributed by atoms with Gasteiger partial charge in [-0.2, -0.15) is 0 Å². The molecule has 0 unspecified atom stereocenters. The Bertz CT molecular complexity index is 449. The van der Waals surface area contributed by atoms with Gasteiger partial charge in [0.15, 0.2) is 6.61 Å². The molecule has 0 fully saturated rings. The summed E-state index contributed by atoms with van der Waals surface area (Å²) in [6.45, 7) is 2.66. The van der Waals surface area contributed by atoms with Crippen LogP contribution in [-0.4, -0.2) is 32.1 Å². The third kappa shape index (κ3) is 6.08. The summed E-state index contributed by atoms with van der Waals surface area (Å²) in [7, 11) is 1.55. The lowest BCUT2D eigenvalue weighted by Gasteiger charge is -2.09. The van der Waals surface area contributed by atoms with E-state index in [2.05, 4.69) is 22.9 Å². The monoisotopic (exact) mass is 279 g/mol. The summed E-state index contributed by atoms with van der Waals surface area (Å²) in [6.07, 6.45) is 1.98. The number of benzene rings is 1. The molecule has 0 saturated carbocycles. The van der Waals surface area contributed by atoms with E-state index in [9.17, 15) is 9.59 Å². The molecule has 6 nitrogen and oxygen atoms in total. The molecular formula is C14H21N3O3. The van der Waals surface area contributed by atoms with Crippen LogP contribution in [0.15, 0.2) is 24.3 Å². The second-order valence-electron chi connectivity index (χ2n) is 4.22. The number of hydrogen-bond acceptors (Lipinski definition) is 3. The summed E-state index contributed by atoms with van der Waals surface area (Å²) in [5.74, 6) is 0.320. The normalized spacial score (nSPS) is 9.70. The second-order valence-corrected chi connectivity index (χ2v) is 4.22. The molecule has 0 aliphatic heterocycles. The van der Waals surface area contributed by atoms with Crippen molar-refractivity contribution in [3.05, 3.63) is 24.3 Å². The zero-order chi connectivity index (χ0) is 14.8. The summed E-state index contributed by atoms with van der Waals surface area (Å²) in [5.41, 5.74) is 0.619. The third-order valence-corrected chi connectivity index (χ3v) is 2.56. The Kier molecular flexibility index (Phi) is 6.95. The predicted octanol–water partition coefficient (Wildman–Crippen LogP) is 1.73. The average Bonchev–Trinajstić information content (AvgIpc) is 2.45. The van der Waals surface area contributed by atoms with E-state index in [1.807, 2.05) is 0 Å². The lowest BCUT2D eigenvalue weighted by molar-refractivity contribution is -0.122. The van der Waals surface area contributed by atoms with Gasteiger partial charge < -0.3 is 20.7 Å². The highest BCUT2D eigenvalue weighted by molar-refractivity contribution is 5.89. The highest BCUT2D eigenvalue weighted by Crippen LogP contribution is 2.17. The molecule has 6 heteroatoms. The fourth-order valence-corrected chi connectivity index (χ4v) is 1.44. The van der Waals surface area contributed by atoms with E-state index in [0.717, 1.165) is 12.8 Å². The van der Waals surface area contributed by atoms with Gasteiger partial charge in [0, 0.05) is 25.3 Å². The number of rotatable bonds is 7. The van der Waals surface area contributed by atoms with E-state index in [4.69, 9.17) is 4.74 Å². The van der Waals surface area contributed by atoms with Crippen LogP contribution in [-0.2, 0) is 4.79 Å². The van der Waals surface area contributed by atoms with E-state index >= 15 is 0 Å². The zero-order valence-electron chi connectivity index (χ0n) is 11.9. The molecule has 0 atom stereocenters. The van der Waals surface area contributed by atoms with Crippen molar-refractivity contribution in [2.75, 3.05) is 25.5 Å². The van der Waals surface area contributed by atoms with Crippen LogP contribution in [0.2, 0.25) is 0 Å². The van der Waals surface area contributed by atoms with Crippen molar-refractivity contribution in [1.29, 1.82) is 0 Å². The van der Waals surface area contributed by atoms with E-state index in [1.54, 1.807) is 31.3 Å². The van der Waals surface area contributed by atoms with Crippen LogP contribution in [0, 0.1) is 0 Å². The van der Waals surface area contributed by atoms with Crippen molar-refractivity contribution in [3.8, 4) is 5.75 Å². The minimum Gasteiger partial charge on any atom is -0.484 e. The molecule has 3 N–H and O–H groups in total. The maximum absolute atomic E-state index is 11.6. The fraction of sp³-hybridized carbons (Fsp3) is 0.429. The average molecular weight is 279 g/mol. The number of carbonyl (C=O) groups is 2. The Balaban J connectivity index is 2.46. The summed E-state index contributed by atoms with van der Waals surface area (Å²) < 4.78 is 5.30. The molecule has 0 aromatic heterocycles. The van der Waals surface area contributed by atoms with Crippen LogP contribution in [0.4, 0.5) is 10.5 Å². The standard InChI is InChI=1S/C14H21N3O3/c1-3-4-8-16-14(19)17-11-6-5-7-12(9-11)20-10-13(18)15-2/h5-7,9H,3-4,8,10H2,1-2H3,(H,15,18)(H2,16,17,19). The molecule has 0 radical (unpaired) electrons. The molecule has 1 aromatic carbocycles. The summed E-state index contributed by atoms with van der Waals surface area (Å²) >= 11 is 0. The molecular weight excluding hydrogens is 258 g/mol. The minimum absolute atomic E-state index is 0.0529. The first-order valence-corrected chi connectivity index (χ1v) is 6.64. The first-order valence-electron chi connectivity index (χ1n) is 6.64. The Labute approximate surface area is 118 Å². The molecule has 20 heavy (non-hydrogen) atoms. The third-order valence-electron chi connectivity index (χ3n) is 2.56. The van der Waals surface area contributed by atoms with Crippen LogP contribution in [0.3, 0.4) is 0 Å². The van der Waals surface area contributed by atoms with Gasteiger partial charge >= 0.3 is 6.03 Å². The number of ether oxygens (including phenoxy) is 1. The number of unbranched alkanes of at least 4 members (excludes halogenated alkanes) is 1. The van der Waals surface area contributed by atoms with Crippen LogP contribution in [0.5, 0.6) is 5.75 Å². The van der Waals surface area contributed by atoms with Gasteiger partial charge in [0.05, 0.1) is 0 Å². The van der Waals surface area contributed by atoms with Crippen molar-refractivity contribution in [3.63, 3.8) is 0 Å². The number of hydrogen-bond donors (Lipinski definition) is 3. The predicted molar refractivity (Wildman–Crippen MR) is 77.9 cm³/mol.